The van der Waals surface area contributed by atoms with Crippen LogP contribution in [-0.2, 0) is 22.6 Å². The third-order valence-corrected chi connectivity index (χ3v) is 2.68. The molecule has 0 fully saturated rings. The molecule has 4 nitrogen and oxygen atoms in total. The van der Waals surface area contributed by atoms with E-state index in [4.69, 9.17) is 13.9 Å². The lowest BCUT2D eigenvalue weighted by Gasteiger charge is -2.05. The molecule has 1 rings (SSSR count). The van der Waals surface area contributed by atoms with Gasteiger partial charge in [-0.2, -0.15) is 0 Å². The highest BCUT2D eigenvalue weighted by molar-refractivity contribution is 5.12. The van der Waals surface area contributed by atoms with E-state index in [1.807, 2.05) is 6.07 Å². The van der Waals surface area contributed by atoms with Crippen LogP contribution in [0.15, 0.2) is 16.7 Å². The summed E-state index contributed by atoms with van der Waals surface area (Å²) in [5.41, 5.74) is 1.16. The number of rotatable bonds is 11. The molecule has 1 aromatic heterocycles. The van der Waals surface area contributed by atoms with Crippen LogP contribution in [0.4, 0.5) is 0 Å². The molecule has 0 aliphatic heterocycles. The van der Waals surface area contributed by atoms with Crippen molar-refractivity contribution in [1.82, 2.24) is 5.32 Å². The highest BCUT2D eigenvalue weighted by Crippen LogP contribution is 2.09. The van der Waals surface area contributed by atoms with Crippen LogP contribution in [0.3, 0.4) is 0 Å². The van der Waals surface area contributed by atoms with E-state index >= 15 is 0 Å². The SMILES string of the molecule is CCCCOCCOCc1cc(CNC(C)C)co1. The fourth-order valence-corrected chi connectivity index (χ4v) is 1.56. The lowest BCUT2D eigenvalue weighted by molar-refractivity contribution is 0.0339. The van der Waals surface area contributed by atoms with Gasteiger partial charge < -0.3 is 19.2 Å². The lowest BCUT2D eigenvalue weighted by atomic mass is 10.3. The van der Waals surface area contributed by atoms with Crippen LogP contribution in [0.1, 0.15) is 44.9 Å². The van der Waals surface area contributed by atoms with Gasteiger partial charge in [0, 0.05) is 24.8 Å². The van der Waals surface area contributed by atoms with Crippen molar-refractivity contribution < 1.29 is 13.9 Å². The van der Waals surface area contributed by atoms with Gasteiger partial charge in [0.05, 0.1) is 19.5 Å². The van der Waals surface area contributed by atoms with E-state index in [1.54, 1.807) is 6.26 Å². The van der Waals surface area contributed by atoms with E-state index in [0.717, 1.165) is 30.9 Å². The summed E-state index contributed by atoms with van der Waals surface area (Å²) in [6.07, 6.45) is 4.07. The predicted molar refractivity (Wildman–Crippen MR) is 76.1 cm³/mol. The maximum absolute atomic E-state index is 5.50. The molecular formula is C15H27NO3. The largest absolute Gasteiger partial charge is 0.467 e. The van der Waals surface area contributed by atoms with Gasteiger partial charge in [-0.1, -0.05) is 27.2 Å². The summed E-state index contributed by atoms with van der Waals surface area (Å²) in [4.78, 5) is 0. The Morgan fingerprint density at radius 3 is 2.74 bits per heavy atom. The summed E-state index contributed by atoms with van der Waals surface area (Å²) in [6.45, 7) is 9.85. The number of nitrogens with one attached hydrogen (secondary N) is 1. The highest BCUT2D eigenvalue weighted by Gasteiger charge is 2.02. The number of hydrogen-bond donors (Lipinski definition) is 1. The highest BCUT2D eigenvalue weighted by atomic mass is 16.5. The average molecular weight is 269 g/mol. The van der Waals surface area contributed by atoms with Crippen LogP contribution in [0.25, 0.3) is 0 Å². The number of ether oxygens (including phenoxy) is 2. The molecule has 0 bridgehead atoms. The van der Waals surface area contributed by atoms with Gasteiger partial charge in [0.15, 0.2) is 0 Å². The molecule has 0 aromatic carbocycles. The molecule has 0 aliphatic rings. The second kappa shape index (κ2) is 10.0. The molecule has 0 aliphatic carbocycles. The molecule has 0 amide bonds. The summed E-state index contributed by atoms with van der Waals surface area (Å²) in [7, 11) is 0. The quantitative estimate of drug-likeness (QED) is 0.627. The van der Waals surface area contributed by atoms with Crippen molar-refractivity contribution in [3.63, 3.8) is 0 Å². The second-order valence-corrected chi connectivity index (χ2v) is 4.98. The normalized spacial score (nSPS) is 11.4. The van der Waals surface area contributed by atoms with Crippen molar-refractivity contribution in [3.05, 3.63) is 23.7 Å². The van der Waals surface area contributed by atoms with E-state index in [-0.39, 0.29) is 0 Å². The molecule has 110 valence electrons. The Morgan fingerprint density at radius 1 is 1.21 bits per heavy atom. The monoisotopic (exact) mass is 269 g/mol. The van der Waals surface area contributed by atoms with Gasteiger partial charge in [0.1, 0.15) is 12.4 Å². The molecule has 4 heteroatoms. The number of furan rings is 1. The van der Waals surface area contributed by atoms with E-state index in [9.17, 15) is 0 Å². The molecule has 1 heterocycles. The average Bonchev–Trinajstić information content (AvgIpc) is 2.83. The van der Waals surface area contributed by atoms with Gasteiger partial charge in [0.2, 0.25) is 0 Å². The minimum Gasteiger partial charge on any atom is -0.467 e. The Morgan fingerprint density at radius 2 is 2.00 bits per heavy atom. The Kier molecular flexibility index (Phi) is 8.54. The minimum atomic E-state index is 0.481. The fourth-order valence-electron chi connectivity index (χ4n) is 1.56. The molecule has 0 radical (unpaired) electrons. The fraction of sp³-hybridized carbons (Fsp3) is 0.733. The van der Waals surface area contributed by atoms with Gasteiger partial charge in [0.25, 0.3) is 0 Å². The molecule has 1 aromatic rings. The first-order valence-electron chi connectivity index (χ1n) is 7.17. The lowest BCUT2D eigenvalue weighted by Crippen LogP contribution is -2.21. The maximum atomic E-state index is 5.50. The van der Waals surface area contributed by atoms with Crippen LogP contribution in [-0.4, -0.2) is 25.9 Å². The minimum absolute atomic E-state index is 0.481. The van der Waals surface area contributed by atoms with Crippen molar-refractivity contribution >= 4 is 0 Å². The first-order chi connectivity index (χ1) is 9.22. The Balaban J connectivity index is 2.06. The zero-order valence-corrected chi connectivity index (χ0v) is 12.4. The van der Waals surface area contributed by atoms with Crippen LogP contribution < -0.4 is 5.32 Å². The molecular weight excluding hydrogens is 242 g/mol. The summed E-state index contributed by atoms with van der Waals surface area (Å²) >= 11 is 0. The van der Waals surface area contributed by atoms with Crippen molar-refractivity contribution in [2.75, 3.05) is 19.8 Å². The van der Waals surface area contributed by atoms with E-state index in [0.29, 0.717) is 25.9 Å². The third kappa shape index (κ3) is 8.03. The molecule has 1 N–H and O–H groups in total. The third-order valence-electron chi connectivity index (χ3n) is 2.68. The van der Waals surface area contributed by atoms with Gasteiger partial charge in [-0.3, -0.25) is 0 Å². The van der Waals surface area contributed by atoms with Crippen molar-refractivity contribution in [3.8, 4) is 0 Å². The summed E-state index contributed by atoms with van der Waals surface area (Å²) < 4.78 is 16.4. The Labute approximate surface area is 116 Å². The van der Waals surface area contributed by atoms with Crippen LogP contribution in [0, 0.1) is 0 Å². The first kappa shape index (κ1) is 16.2. The van der Waals surface area contributed by atoms with Crippen LogP contribution >= 0.6 is 0 Å². The van der Waals surface area contributed by atoms with Gasteiger partial charge in [-0.15, -0.1) is 0 Å². The zero-order chi connectivity index (χ0) is 13.9. The van der Waals surface area contributed by atoms with Crippen molar-refractivity contribution in [2.24, 2.45) is 0 Å². The van der Waals surface area contributed by atoms with E-state index < -0.39 is 0 Å². The van der Waals surface area contributed by atoms with E-state index in [2.05, 4.69) is 26.1 Å². The molecule has 0 unspecified atom stereocenters. The predicted octanol–water partition coefficient (Wildman–Crippen LogP) is 3.11. The van der Waals surface area contributed by atoms with Gasteiger partial charge in [-0.05, 0) is 12.5 Å². The first-order valence-corrected chi connectivity index (χ1v) is 7.17. The smallest absolute Gasteiger partial charge is 0.129 e. The number of unbranched alkanes of at least 4 members (excludes halogenated alkanes) is 1. The molecule has 19 heavy (non-hydrogen) atoms. The summed E-state index contributed by atoms with van der Waals surface area (Å²) in [6, 6.07) is 2.52. The topological polar surface area (TPSA) is 43.6 Å². The van der Waals surface area contributed by atoms with E-state index in [1.165, 1.54) is 6.42 Å². The Bertz CT molecular complexity index is 323. The summed E-state index contributed by atoms with van der Waals surface area (Å²) in [5.74, 6) is 0.870. The van der Waals surface area contributed by atoms with Crippen molar-refractivity contribution in [1.29, 1.82) is 0 Å². The summed E-state index contributed by atoms with van der Waals surface area (Å²) in [5, 5.41) is 3.35. The Hall–Kier alpha value is -0.840. The van der Waals surface area contributed by atoms with Gasteiger partial charge >= 0.3 is 0 Å². The van der Waals surface area contributed by atoms with Crippen LogP contribution in [0.5, 0.6) is 0 Å². The van der Waals surface area contributed by atoms with Crippen molar-refractivity contribution in [2.45, 2.75) is 52.8 Å². The molecule has 0 spiro atoms. The number of hydrogen-bond acceptors (Lipinski definition) is 4. The van der Waals surface area contributed by atoms with Gasteiger partial charge in [-0.25, -0.2) is 0 Å². The second-order valence-electron chi connectivity index (χ2n) is 4.98. The van der Waals surface area contributed by atoms with Crippen LogP contribution in [0.2, 0.25) is 0 Å². The molecule has 0 saturated carbocycles. The standard InChI is InChI=1S/C15H27NO3/c1-4-5-6-17-7-8-18-12-15-9-14(11-19-15)10-16-13(2)3/h9,11,13,16H,4-8,10,12H2,1-3H3. The molecule has 0 atom stereocenters. The molecule has 0 saturated heterocycles. The maximum Gasteiger partial charge on any atom is 0.129 e. The zero-order valence-electron chi connectivity index (χ0n) is 12.4.